The van der Waals surface area contributed by atoms with E-state index in [1.54, 1.807) is 12.4 Å². The molecule has 1 saturated heterocycles. The van der Waals surface area contributed by atoms with E-state index in [0.717, 1.165) is 37.4 Å². The fourth-order valence-electron chi connectivity index (χ4n) is 4.80. The molecule has 9 nitrogen and oxygen atoms in total. The van der Waals surface area contributed by atoms with Crippen LogP contribution in [0.15, 0.2) is 48.9 Å². The van der Waals surface area contributed by atoms with Crippen LogP contribution in [0.5, 0.6) is 0 Å². The first-order chi connectivity index (χ1) is 17.5. The Morgan fingerprint density at radius 2 is 1.59 bits per heavy atom. The van der Waals surface area contributed by atoms with Crippen LogP contribution in [0.1, 0.15) is 34.8 Å². The third-order valence-corrected chi connectivity index (χ3v) is 6.85. The number of carboxylic acid groups (broad SMARTS) is 1. The van der Waals surface area contributed by atoms with E-state index in [-0.39, 0.29) is 11.4 Å². The van der Waals surface area contributed by atoms with Gasteiger partial charge in [0.2, 0.25) is 0 Å². The summed E-state index contributed by atoms with van der Waals surface area (Å²) in [4.78, 5) is 39.5. The van der Waals surface area contributed by atoms with E-state index in [2.05, 4.69) is 50.7 Å². The minimum Gasteiger partial charge on any atom is -0.475 e. The maximum absolute atomic E-state index is 12.9. The number of likely N-dealkylation sites (N-methyl/N-ethyl adjacent to an activating group) is 1. The van der Waals surface area contributed by atoms with Gasteiger partial charge in [-0.05, 0) is 32.4 Å². The highest BCUT2D eigenvalue weighted by molar-refractivity contribution is 5.92. The lowest BCUT2D eigenvalue weighted by Gasteiger charge is -2.49. The minimum absolute atomic E-state index is 0.0378. The van der Waals surface area contributed by atoms with Crippen LogP contribution >= 0.6 is 0 Å². The molecule has 5 rings (SSSR count). The summed E-state index contributed by atoms with van der Waals surface area (Å²) >= 11 is 0. The van der Waals surface area contributed by atoms with Gasteiger partial charge in [0.1, 0.15) is 11.5 Å². The number of rotatable bonds is 2. The van der Waals surface area contributed by atoms with Gasteiger partial charge in [-0.25, -0.2) is 14.8 Å². The molecule has 0 saturated carbocycles. The fourth-order valence-corrected chi connectivity index (χ4v) is 4.80. The Bertz CT molecular complexity index is 1250. The van der Waals surface area contributed by atoms with Crippen molar-refractivity contribution in [3.63, 3.8) is 0 Å². The van der Waals surface area contributed by atoms with E-state index >= 15 is 0 Å². The van der Waals surface area contributed by atoms with Crippen LogP contribution in [0, 0.1) is 6.92 Å². The zero-order chi connectivity index (χ0) is 26.8. The standard InChI is InChI=1S/C23H26N6O.C2HF3O2/c1-17-14-25-19(15-24-17)21(30)28-10-8-23(9-11-28)22-26-16-20(18-6-4-3-5-7-18)29(22)13-12-27(23)2;3-2(4,5)1(6)7/h3-7,14-16H,8-13H2,1-2H3;(H,6,7). The SMILES string of the molecule is Cc1cnc(C(=O)N2CCC3(CC2)c2ncc(-c4ccccc4)n2CCN3C)cn1.O=C(O)C(F)(F)F. The fraction of sp³-hybridized carbons (Fsp3) is 0.400. The van der Waals surface area contributed by atoms with Crippen LogP contribution in [0.25, 0.3) is 11.3 Å². The maximum Gasteiger partial charge on any atom is 0.490 e. The average Bonchev–Trinajstić information content (AvgIpc) is 3.32. The van der Waals surface area contributed by atoms with Crippen molar-refractivity contribution >= 4 is 11.9 Å². The van der Waals surface area contributed by atoms with Crippen LogP contribution in [-0.2, 0) is 16.9 Å². The first-order valence-corrected chi connectivity index (χ1v) is 11.7. The van der Waals surface area contributed by atoms with E-state index in [1.807, 2.05) is 24.1 Å². The molecule has 0 bridgehead atoms. The number of carbonyl (C=O) groups excluding carboxylic acids is 1. The molecular formula is C25H27F3N6O3. The Morgan fingerprint density at radius 1 is 0.946 bits per heavy atom. The normalized spacial score (nSPS) is 17.1. The average molecular weight is 517 g/mol. The number of halogens is 3. The number of aliphatic carboxylic acids is 1. The molecule has 0 aliphatic carbocycles. The number of carboxylic acids is 1. The number of nitrogens with zero attached hydrogens (tertiary/aromatic N) is 6. The van der Waals surface area contributed by atoms with Crippen molar-refractivity contribution in [1.29, 1.82) is 0 Å². The number of piperidine rings is 1. The van der Waals surface area contributed by atoms with E-state index < -0.39 is 12.1 Å². The van der Waals surface area contributed by atoms with Gasteiger partial charge in [0.15, 0.2) is 0 Å². The van der Waals surface area contributed by atoms with E-state index in [9.17, 15) is 18.0 Å². The molecule has 1 fully saturated rings. The van der Waals surface area contributed by atoms with Crippen molar-refractivity contribution in [2.24, 2.45) is 0 Å². The summed E-state index contributed by atoms with van der Waals surface area (Å²) in [5.74, 6) is -1.67. The molecule has 1 amide bonds. The lowest BCUT2D eigenvalue weighted by Crippen LogP contribution is -2.57. The summed E-state index contributed by atoms with van der Waals surface area (Å²) in [6.07, 6.45) is 1.87. The van der Waals surface area contributed by atoms with Gasteiger partial charge in [0.25, 0.3) is 5.91 Å². The summed E-state index contributed by atoms with van der Waals surface area (Å²) in [5, 5.41) is 7.12. The van der Waals surface area contributed by atoms with Gasteiger partial charge in [-0.2, -0.15) is 13.2 Å². The van der Waals surface area contributed by atoms with E-state index in [0.29, 0.717) is 18.8 Å². The molecular weight excluding hydrogens is 489 g/mol. The third-order valence-electron chi connectivity index (χ3n) is 6.85. The molecule has 0 unspecified atom stereocenters. The van der Waals surface area contributed by atoms with Gasteiger partial charge in [0.05, 0.1) is 29.3 Å². The molecule has 0 atom stereocenters. The number of fused-ring (bicyclic) bond motifs is 2. The molecule has 37 heavy (non-hydrogen) atoms. The van der Waals surface area contributed by atoms with Crippen LogP contribution in [0.3, 0.4) is 0 Å². The number of benzene rings is 1. The van der Waals surface area contributed by atoms with Crippen molar-refractivity contribution in [2.75, 3.05) is 26.7 Å². The lowest BCUT2D eigenvalue weighted by molar-refractivity contribution is -0.192. The first-order valence-electron chi connectivity index (χ1n) is 11.7. The smallest absolute Gasteiger partial charge is 0.475 e. The Labute approximate surface area is 211 Å². The van der Waals surface area contributed by atoms with Gasteiger partial charge >= 0.3 is 12.1 Å². The number of alkyl halides is 3. The molecule has 2 aromatic heterocycles. The number of likely N-dealkylation sites (tertiary alicyclic amines) is 1. The van der Waals surface area contributed by atoms with Gasteiger partial charge in [0, 0.05) is 32.4 Å². The second kappa shape index (κ2) is 10.3. The Hall–Kier alpha value is -3.80. The number of imidazole rings is 1. The summed E-state index contributed by atoms with van der Waals surface area (Å²) < 4.78 is 34.1. The lowest BCUT2D eigenvalue weighted by atomic mass is 9.83. The van der Waals surface area contributed by atoms with Crippen molar-refractivity contribution in [1.82, 2.24) is 29.3 Å². The summed E-state index contributed by atoms with van der Waals surface area (Å²) in [6, 6.07) is 10.5. The number of aryl methyl sites for hydroxylation is 1. The second-order valence-electron chi connectivity index (χ2n) is 9.08. The molecule has 1 spiro atoms. The van der Waals surface area contributed by atoms with E-state index in [1.165, 1.54) is 11.3 Å². The quantitative estimate of drug-likeness (QED) is 0.557. The van der Waals surface area contributed by atoms with Crippen LogP contribution in [-0.4, -0.2) is 79.2 Å². The molecule has 1 N–H and O–H groups in total. The van der Waals surface area contributed by atoms with Crippen molar-refractivity contribution in [3.8, 4) is 11.3 Å². The number of carbonyl (C=O) groups is 2. The van der Waals surface area contributed by atoms with Gasteiger partial charge in [-0.3, -0.25) is 14.7 Å². The third kappa shape index (κ3) is 5.33. The topological polar surface area (TPSA) is 104 Å². The largest absolute Gasteiger partial charge is 0.490 e. The molecule has 0 radical (unpaired) electrons. The predicted octanol–water partition coefficient (Wildman–Crippen LogP) is 3.36. The Balaban J connectivity index is 0.000000405. The highest BCUT2D eigenvalue weighted by Gasteiger charge is 2.46. The highest BCUT2D eigenvalue weighted by Crippen LogP contribution is 2.41. The molecule has 1 aromatic carbocycles. The number of amides is 1. The predicted molar refractivity (Wildman–Crippen MR) is 128 cm³/mol. The summed E-state index contributed by atoms with van der Waals surface area (Å²) in [7, 11) is 2.18. The summed E-state index contributed by atoms with van der Waals surface area (Å²) in [5.41, 5.74) is 3.46. The van der Waals surface area contributed by atoms with Gasteiger partial charge < -0.3 is 14.6 Å². The van der Waals surface area contributed by atoms with Crippen LogP contribution in [0.4, 0.5) is 13.2 Å². The molecule has 12 heteroatoms. The number of hydrogen-bond acceptors (Lipinski definition) is 6. The van der Waals surface area contributed by atoms with E-state index in [4.69, 9.17) is 14.9 Å². The molecule has 3 aromatic rings. The molecule has 2 aliphatic heterocycles. The highest BCUT2D eigenvalue weighted by atomic mass is 19.4. The first kappa shape index (κ1) is 26.3. The molecule has 2 aliphatic rings. The number of hydrogen-bond donors (Lipinski definition) is 1. The zero-order valence-electron chi connectivity index (χ0n) is 20.4. The second-order valence-corrected chi connectivity index (χ2v) is 9.08. The van der Waals surface area contributed by atoms with Crippen molar-refractivity contribution in [3.05, 3.63) is 66.1 Å². The summed E-state index contributed by atoms with van der Waals surface area (Å²) in [6.45, 7) is 5.15. The van der Waals surface area contributed by atoms with Crippen LogP contribution < -0.4 is 0 Å². The van der Waals surface area contributed by atoms with Crippen molar-refractivity contribution in [2.45, 2.75) is 38.0 Å². The maximum atomic E-state index is 12.9. The minimum atomic E-state index is -5.08. The van der Waals surface area contributed by atoms with Gasteiger partial charge in [-0.15, -0.1) is 0 Å². The zero-order valence-corrected chi connectivity index (χ0v) is 20.4. The van der Waals surface area contributed by atoms with Crippen LogP contribution in [0.2, 0.25) is 0 Å². The van der Waals surface area contributed by atoms with Gasteiger partial charge in [-0.1, -0.05) is 30.3 Å². The Morgan fingerprint density at radius 3 is 2.16 bits per heavy atom. The monoisotopic (exact) mass is 516 g/mol. The number of aromatic nitrogens is 4. The van der Waals surface area contributed by atoms with Crippen molar-refractivity contribution < 1.29 is 27.9 Å². The molecule has 196 valence electrons. The Kier molecular flexibility index (Phi) is 7.30. The molecule has 4 heterocycles.